The molecule has 0 aliphatic heterocycles. The molecule has 0 atom stereocenters. The van der Waals surface area contributed by atoms with Crippen LogP contribution < -0.4 is 10.1 Å². The maximum atomic E-state index is 12.1. The van der Waals surface area contributed by atoms with Crippen LogP contribution in [0, 0.1) is 6.92 Å². The van der Waals surface area contributed by atoms with Crippen LogP contribution in [-0.2, 0) is 6.54 Å². The molecule has 3 aromatic rings. The van der Waals surface area contributed by atoms with Crippen LogP contribution in [0.4, 0.5) is 0 Å². The lowest BCUT2D eigenvalue weighted by Gasteiger charge is -2.03. The number of nitrogens with one attached hydrogen (secondary N) is 1. The normalized spacial score (nSPS) is 10.6. The quantitative estimate of drug-likeness (QED) is 0.799. The average molecular weight is 296 g/mol. The second-order valence-corrected chi connectivity index (χ2v) is 4.97. The van der Waals surface area contributed by atoms with Gasteiger partial charge in [-0.25, -0.2) is 9.97 Å². The fourth-order valence-electron chi connectivity index (χ4n) is 2.13. The Morgan fingerprint density at radius 3 is 2.95 bits per heavy atom. The molecule has 3 rings (SSSR count). The van der Waals surface area contributed by atoms with Crippen molar-refractivity contribution in [2.75, 3.05) is 7.11 Å². The Morgan fingerprint density at radius 1 is 1.36 bits per heavy atom. The summed E-state index contributed by atoms with van der Waals surface area (Å²) in [6, 6.07) is 7.34. The van der Waals surface area contributed by atoms with E-state index in [2.05, 4.69) is 15.3 Å². The minimum atomic E-state index is -0.191. The number of aromatic nitrogens is 3. The Hall–Kier alpha value is -2.89. The van der Waals surface area contributed by atoms with Gasteiger partial charge in [-0.15, -0.1) is 0 Å². The summed E-state index contributed by atoms with van der Waals surface area (Å²) < 4.78 is 6.90. The molecule has 0 fully saturated rings. The standard InChI is InChI=1S/C16H16N4O2/c1-11-5-6-20-10-13(19-14(20)7-11)9-18-16(21)12-3-4-15(22-2)17-8-12/h3-8,10H,9H2,1-2H3,(H,18,21). The largest absolute Gasteiger partial charge is 0.481 e. The van der Waals surface area contributed by atoms with E-state index in [1.54, 1.807) is 12.1 Å². The molecule has 1 N–H and O–H groups in total. The molecule has 3 aromatic heterocycles. The van der Waals surface area contributed by atoms with Crippen molar-refractivity contribution < 1.29 is 9.53 Å². The molecular formula is C16H16N4O2. The van der Waals surface area contributed by atoms with Crippen molar-refractivity contribution in [2.24, 2.45) is 0 Å². The van der Waals surface area contributed by atoms with E-state index in [4.69, 9.17) is 4.74 Å². The number of nitrogens with zero attached hydrogens (tertiary/aromatic N) is 3. The summed E-state index contributed by atoms with van der Waals surface area (Å²) in [6.07, 6.45) is 5.35. The van der Waals surface area contributed by atoms with E-state index < -0.39 is 0 Å². The number of pyridine rings is 2. The summed E-state index contributed by atoms with van der Waals surface area (Å²) in [5.41, 5.74) is 3.31. The molecule has 0 bridgehead atoms. The fourth-order valence-corrected chi connectivity index (χ4v) is 2.13. The Labute approximate surface area is 127 Å². The number of carbonyl (C=O) groups is 1. The highest BCUT2D eigenvalue weighted by molar-refractivity contribution is 5.93. The summed E-state index contributed by atoms with van der Waals surface area (Å²) in [4.78, 5) is 20.6. The van der Waals surface area contributed by atoms with Crippen molar-refractivity contribution in [1.82, 2.24) is 19.7 Å². The first kappa shape index (κ1) is 14.1. The van der Waals surface area contributed by atoms with Gasteiger partial charge in [0.15, 0.2) is 0 Å². The predicted molar refractivity (Wildman–Crippen MR) is 81.9 cm³/mol. The Bertz CT molecular complexity index is 809. The summed E-state index contributed by atoms with van der Waals surface area (Å²) in [7, 11) is 1.53. The van der Waals surface area contributed by atoms with Crippen molar-refractivity contribution >= 4 is 11.6 Å². The second kappa shape index (κ2) is 5.85. The van der Waals surface area contributed by atoms with E-state index in [1.807, 2.05) is 35.9 Å². The van der Waals surface area contributed by atoms with Crippen LogP contribution in [0.5, 0.6) is 5.88 Å². The molecule has 6 heteroatoms. The molecule has 6 nitrogen and oxygen atoms in total. The summed E-state index contributed by atoms with van der Waals surface area (Å²) in [5, 5.41) is 2.83. The molecule has 0 aliphatic rings. The second-order valence-electron chi connectivity index (χ2n) is 4.97. The van der Waals surface area contributed by atoms with Gasteiger partial charge in [0, 0.05) is 24.7 Å². The lowest BCUT2D eigenvalue weighted by atomic mass is 10.2. The highest BCUT2D eigenvalue weighted by Crippen LogP contribution is 2.09. The molecule has 0 radical (unpaired) electrons. The van der Waals surface area contributed by atoms with Crippen LogP contribution in [0.15, 0.2) is 42.9 Å². The van der Waals surface area contributed by atoms with Gasteiger partial charge in [0.25, 0.3) is 5.91 Å². The van der Waals surface area contributed by atoms with Crippen molar-refractivity contribution in [2.45, 2.75) is 13.5 Å². The minimum Gasteiger partial charge on any atom is -0.481 e. The number of hydrogen-bond acceptors (Lipinski definition) is 4. The fraction of sp³-hybridized carbons (Fsp3) is 0.188. The molecule has 0 aromatic carbocycles. The van der Waals surface area contributed by atoms with Gasteiger partial charge in [0.1, 0.15) is 5.65 Å². The van der Waals surface area contributed by atoms with Crippen LogP contribution in [0.1, 0.15) is 21.6 Å². The zero-order valence-electron chi connectivity index (χ0n) is 12.4. The van der Waals surface area contributed by atoms with E-state index in [-0.39, 0.29) is 5.91 Å². The molecule has 0 unspecified atom stereocenters. The number of ether oxygens (including phenoxy) is 1. The SMILES string of the molecule is COc1ccc(C(=O)NCc2cn3ccc(C)cc3n2)cn1. The first-order chi connectivity index (χ1) is 10.7. The van der Waals surface area contributed by atoms with Crippen LogP contribution in [0.25, 0.3) is 5.65 Å². The molecule has 1 amide bonds. The van der Waals surface area contributed by atoms with E-state index >= 15 is 0 Å². The van der Waals surface area contributed by atoms with E-state index in [1.165, 1.54) is 13.3 Å². The maximum Gasteiger partial charge on any atom is 0.253 e. The van der Waals surface area contributed by atoms with E-state index in [9.17, 15) is 4.79 Å². The number of methoxy groups -OCH3 is 1. The highest BCUT2D eigenvalue weighted by Gasteiger charge is 2.08. The van der Waals surface area contributed by atoms with Crippen molar-refractivity contribution in [3.63, 3.8) is 0 Å². The third-order valence-electron chi connectivity index (χ3n) is 3.30. The van der Waals surface area contributed by atoms with Crippen molar-refractivity contribution in [3.05, 3.63) is 59.7 Å². The first-order valence-electron chi connectivity index (χ1n) is 6.88. The first-order valence-corrected chi connectivity index (χ1v) is 6.88. The third-order valence-corrected chi connectivity index (χ3v) is 3.30. The van der Waals surface area contributed by atoms with Gasteiger partial charge in [0.05, 0.1) is 24.9 Å². The highest BCUT2D eigenvalue weighted by atomic mass is 16.5. The van der Waals surface area contributed by atoms with Crippen molar-refractivity contribution in [3.8, 4) is 5.88 Å². The number of rotatable bonds is 4. The molecule has 3 heterocycles. The lowest BCUT2D eigenvalue weighted by molar-refractivity contribution is 0.0950. The van der Waals surface area contributed by atoms with E-state index in [0.717, 1.165) is 16.9 Å². The van der Waals surface area contributed by atoms with Crippen LogP contribution in [0.3, 0.4) is 0 Å². The number of hydrogen-bond donors (Lipinski definition) is 1. The molecule has 0 saturated carbocycles. The van der Waals surface area contributed by atoms with Crippen molar-refractivity contribution in [1.29, 1.82) is 0 Å². The zero-order valence-corrected chi connectivity index (χ0v) is 12.4. The average Bonchev–Trinajstić information content (AvgIpc) is 2.94. The van der Waals surface area contributed by atoms with Gasteiger partial charge >= 0.3 is 0 Å². The molecule has 112 valence electrons. The van der Waals surface area contributed by atoms with Crippen LogP contribution in [0.2, 0.25) is 0 Å². The molecular weight excluding hydrogens is 280 g/mol. The zero-order chi connectivity index (χ0) is 15.5. The van der Waals surface area contributed by atoms with E-state index in [0.29, 0.717) is 18.0 Å². The lowest BCUT2D eigenvalue weighted by Crippen LogP contribution is -2.23. The number of fused-ring (bicyclic) bond motifs is 1. The minimum absolute atomic E-state index is 0.191. The number of carbonyl (C=O) groups excluding carboxylic acids is 1. The Balaban J connectivity index is 1.68. The molecule has 0 saturated heterocycles. The smallest absolute Gasteiger partial charge is 0.253 e. The Kier molecular flexibility index (Phi) is 3.74. The van der Waals surface area contributed by atoms with Gasteiger partial charge in [-0.05, 0) is 30.7 Å². The van der Waals surface area contributed by atoms with Gasteiger partial charge in [-0.2, -0.15) is 0 Å². The van der Waals surface area contributed by atoms with Gasteiger partial charge < -0.3 is 14.5 Å². The molecule has 0 spiro atoms. The van der Waals surface area contributed by atoms with Gasteiger partial charge in [-0.1, -0.05) is 0 Å². The van der Waals surface area contributed by atoms with Crippen LogP contribution >= 0.6 is 0 Å². The topological polar surface area (TPSA) is 68.5 Å². The monoisotopic (exact) mass is 296 g/mol. The maximum absolute atomic E-state index is 12.1. The van der Waals surface area contributed by atoms with Gasteiger partial charge in [0.2, 0.25) is 5.88 Å². The number of imidazole rings is 1. The van der Waals surface area contributed by atoms with Crippen LogP contribution in [-0.4, -0.2) is 27.4 Å². The number of amides is 1. The predicted octanol–water partition coefficient (Wildman–Crippen LogP) is 1.98. The summed E-state index contributed by atoms with van der Waals surface area (Å²) in [5.74, 6) is 0.288. The summed E-state index contributed by atoms with van der Waals surface area (Å²) in [6.45, 7) is 2.39. The summed E-state index contributed by atoms with van der Waals surface area (Å²) >= 11 is 0. The Morgan fingerprint density at radius 2 is 2.23 bits per heavy atom. The molecule has 22 heavy (non-hydrogen) atoms. The molecule has 0 aliphatic carbocycles. The third kappa shape index (κ3) is 2.90. The number of aryl methyl sites for hydroxylation is 1. The van der Waals surface area contributed by atoms with Gasteiger partial charge in [-0.3, -0.25) is 4.79 Å².